The second-order valence-electron chi connectivity index (χ2n) is 5.31. The Morgan fingerprint density at radius 3 is 2.89 bits per heavy atom. The lowest BCUT2D eigenvalue weighted by Gasteiger charge is -2.32. The quantitative estimate of drug-likeness (QED) is 0.860. The van der Waals surface area contributed by atoms with Crippen molar-refractivity contribution in [2.24, 2.45) is 5.41 Å². The average molecular weight is 246 g/mol. The fourth-order valence-corrected chi connectivity index (χ4v) is 2.47. The minimum Gasteiger partial charge on any atom is -0.325 e. The first-order valence-corrected chi connectivity index (χ1v) is 6.76. The Morgan fingerprint density at radius 1 is 1.44 bits per heavy atom. The smallest absolute Gasteiger partial charge is 0.231 e. The van der Waals surface area contributed by atoms with Gasteiger partial charge < -0.3 is 10.6 Å². The molecular weight excluding hydrogens is 224 g/mol. The van der Waals surface area contributed by atoms with E-state index in [1.165, 1.54) is 5.56 Å². The third-order valence-electron chi connectivity index (χ3n) is 3.79. The predicted molar refractivity (Wildman–Crippen MR) is 74.7 cm³/mol. The Hall–Kier alpha value is -1.35. The van der Waals surface area contributed by atoms with E-state index in [4.69, 9.17) is 0 Å². The summed E-state index contributed by atoms with van der Waals surface area (Å²) >= 11 is 0. The molecule has 3 nitrogen and oxygen atoms in total. The summed E-state index contributed by atoms with van der Waals surface area (Å²) in [6.07, 6.45) is 2.96. The van der Waals surface area contributed by atoms with Gasteiger partial charge in [0, 0.05) is 12.2 Å². The Morgan fingerprint density at radius 2 is 2.22 bits per heavy atom. The molecule has 1 heterocycles. The van der Waals surface area contributed by atoms with E-state index in [1.807, 2.05) is 25.1 Å². The zero-order valence-corrected chi connectivity index (χ0v) is 11.3. The van der Waals surface area contributed by atoms with Gasteiger partial charge >= 0.3 is 0 Å². The van der Waals surface area contributed by atoms with Gasteiger partial charge in [0.1, 0.15) is 0 Å². The normalized spacial score (nSPS) is 23.7. The number of carbonyl (C=O) groups is 1. The van der Waals surface area contributed by atoms with E-state index in [0.29, 0.717) is 0 Å². The minimum absolute atomic E-state index is 0.135. The fraction of sp³-hybridized carbons (Fsp3) is 0.533. The lowest BCUT2D eigenvalue weighted by atomic mass is 9.82. The molecule has 1 amide bonds. The van der Waals surface area contributed by atoms with Crippen molar-refractivity contribution in [1.29, 1.82) is 0 Å². The molecule has 98 valence electrons. The number of benzene rings is 1. The lowest BCUT2D eigenvalue weighted by Crippen LogP contribution is -2.46. The van der Waals surface area contributed by atoms with Crippen LogP contribution in [0.4, 0.5) is 5.69 Å². The first-order valence-electron chi connectivity index (χ1n) is 6.76. The maximum absolute atomic E-state index is 12.4. The van der Waals surface area contributed by atoms with Gasteiger partial charge in [-0.2, -0.15) is 0 Å². The van der Waals surface area contributed by atoms with E-state index in [9.17, 15) is 4.79 Å². The van der Waals surface area contributed by atoms with E-state index in [-0.39, 0.29) is 11.3 Å². The van der Waals surface area contributed by atoms with Crippen LogP contribution in [0.1, 0.15) is 32.3 Å². The van der Waals surface area contributed by atoms with Crippen LogP contribution in [0.15, 0.2) is 24.3 Å². The summed E-state index contributed by atoms with van der Waals surface area (Å²) in [7, 11) is 0. The van der Waals surface area contributed by atoms with Crippen molar-refractivity contribution in [3.8, 4) is 0 Å². The summed E-state index contributed by atoms with van der Waals surface area (Å²) in [5.74, 6) is 0.135. The number of hydrogen-bond donors (Lipinski definition) is 2. The number of rotatable bonds is 3. The SMILES string of the molecule is CCc1ccccc1NC(=O)C1(C)CCCNC1. The number of hydrogen-bond acceptors (Lipinski definition) is 2. The molecule has 0 saturated carbocycles. The number of carbonyl (C=O) groups excluding carboxylic acids is 1. The van der Waals surface area contributed by atoms with Crippen LogP contribution in [0.3, 0.4) is 0 Å². The molecular formula is C15H22N2O. The monoisotopic (exact) mass is 246 g/mol. The van der Waals surface area contributed by atoms with E-state index in [0.717, 1.165) is 38.0 Å². The van der Waals surface area contributed by atoms with Crippen molar-refractivity contribution in [3.05, 3.63) is 29.8 Å². The molecule has 0 aromatic heterocycles. The molecule has 2 N–H and O–H groups in total. The maximum atomic E-state index is 12.4. The first kappa shape index (κ1) is 13.1. The molecule has 0 aliphatic carbocycles. The third-order valence-corrected chi connectivity index (χ3v) is 3.79. The van der Waals surface area contributed by atoms with Crippen molar-refractivity contribution in [1.82, 2.24) is 5.32 Å². The molecule has 3 heteroatoms. The largest absolute Gasteiger partial charge is 0.325 e. The summed E-state index contributed by atoms with van der Waals surface area (Å²) in [6.45, 7) is 5.94. The Kier molecular flexibility index (Phi) is 4.02. The summed E-state index contributed by atoms with van der Waals surface area (Å²) in [6, 6.07) is 8.03. The molecule has 18 heavy (non-hydrogen) atoms. The summed E-state index contributed by atoms with van der Waals surface area (Å²) in [5, 5.41) is 6.40. The van der Waals surface area contributed by atoms with Crippen molar-refractivity contribution in [2.45, 2.75) is 33.1 Å². The van der Waals surface area contributed by atoms with Gasteiger partial charge in [-0.3, -0.25) is 4.79 Å². The second kappa shape index (κ2) is 5.53. The number of nitrogens with one attached hydrogen (secondary N) is 2. The third kappa shape index (κ3) is 2.72. The van der Waals surface area contributed by atoms with Gasteiger partial charge in [0.2, 0.25) is 5.91 Å². The van der Waals surface area contributed by atoms with Gasteiger partial charge in [0.25, 0.3) is 0 Å². The van der Waals surface area contributed by atoms with E-state index < -0.39 is 0 Å². The molecule has 1 aromatic rings. The molecule has 0 spiro atoms. The van der Waals surface area contributed by atoms with E-state index >= 15 is 0 Å². The van der Waals surface area contributed by atoms with Crippen molar-refractivity contribution in [3.63, 3.8) is 0 Å². The average Bonchev–Trinajstić information content (AvgIpc) is 2.40. The molecule has 1 aliphatic heterocycles. The van der Waals surface area contributed by atoms with Gasteiger partial charge in [-0.25, -0.2) is 0 Å². The minimum atomic E-state index is -0.279. The Bertz CT molecular complexity index is 422. The highest BCUT2D eigenvalue weighted by molar-refractivity contribution is 5.96. The fourth-order valence-electron chi connectivity index (χ4n) is 2.47. The number of aryl methyl sites for hydroxylation is 1. The highest BCUT2D eigenvalue weighted by Crippen LogP contribution is 2.28. The topological polar surface area (TPSA) is 41.1 Å². The van der Waals surface area contributed by atoms with E-state index in [1.54, 1.807) is 0 Å². The molecule has 0 bridgehead atoms. The number of para-hydroxylation sites is 1. The number of amides is 1. The van der Waals surface area contributed by atoms with Crippen LogP contribution in [0.2, 0.25) is 0 Å². The van der Waals surface area contributed by atoms with Crippen molar-refractivity contribution in [2.75, 3.05) is 18.4 Å². The number of anilines is 1. The van der Waals surface area contributed by atoms with Crippen LogP contribution < -0.4 is 10.6 Å². The van der Waals surface area contributed by atoms with Crippen molar-refractivity contribution >= 4 is 11.6 Å². The second-order valence-corrected chi connectivity index (χ2v) is 5.31. The highest BCUT2D eigenvalue weighted by Gasteiger charge is 2.34. The molecule has 0 radical (unpaired) electrons. The van der Waals surface area contributed by atoms with Crippen molar-refractivity contribution < 1.29 is 4.79 Å². The van der Waals surface area contributed by atoms with E-state index in [2.05, 4.69) is 23.6 Å². The first-order chi connectivity index (χ1) is 8.65. The van der Waals surface area contributed by atoms with Crippen LogP contribution in [-0.4, -0.2) is 19.0 Å². The maximum Gasteiger partial charge on any atom is 0.231 e. The summed E-state index contributed by atoms with van der Waals surface area (Å²) in [5.41, 5.74) is 1.87. The Balaban J connectivity index is 2.10. The molecule has 1 atom stereocenters. The van der Waals surface area contributed by atoms with Gasteiger partial charge in [-0.05, 0) is 44.4 Å². The van der Waals surface area contributed by atoms with Gasteiger partial charge in [0.05, 0.1) is 5.41 Å². The van der Waals surface area contributed by atoms with Crippen LogP contribution in [0.25, 0.3) is 0 Å². The molecule has 2 rings (SSSR count). The molecule has 1 unspecified atom stereocenters. The molecule has 1 aliphatic rings. The number of piperidine rings is 1. The molecule has 1 fully saturated rings. The molecule has 1 saturated heterocycles. The van der Waals surface area contributed by atoms with Crippen LogP contribution in [-0.2, 0) is 11.2 Å². The van der Waals surface area contributed by atoms with Crippen LogP contribution >= 0.6 is 0 Å². The molecule has 1 aromatic carbocycles. The van der Waals surface area contributed by atoms with Gasteiger partial charge in [-0.15, -0.1) is 0 Å². The predicted octanol–water partition coefficient (Wildman–Crippen LogP) is 2.58. The summed E-state index contributed by atoms with van der Waals surface area (Å²) in [4.78, 5) is 12.4. The highest BCUT2D eigenvalue weighted by atomic mass is 16.2. The van der Waals surface area contributed by atoms with Gasteiger partial charge in [0.15, 0.2) is 0 Å². The standard InChI is InChI=1S/C15H22N2O/c1-3-12-7-4-5-8-13(12)17-14(18)15(2)9-6-10-16-11-15/h4-5,7-8,16H,3,6,9-11H2,1-2H3,(H,17,18). The summed E-state index contributed by atoms with van der Waals surface area (Å²) < 4.78 is 0. The lowest BCUT2D eigenvalue weighted by molar-refractivity contribution is -0.125. The van der Waals surface area contributed by atoms with Gasteiger partial charge in [-0.1, -0.05) is 25.1 Å². The zero-order chi connectivity index (χ0) is 13.0. The zero-order valence-electron chi connectivity index (χ0n) is 11.3. The van der Waals surface area contributed by atoms with Crippen LogP contribution in [0.5, 0.6) is 0 Å². The Labute approximate surface area is 109 Å². The van der Waals surface area contributed by atoms with Crippen LogP contribution in [0, 0.1) is 5.41 Å².